The third-order valence-corrected chi connectivity index (χ3v) is 3.90. The van der Waals surface area contributed by atoms with Gasteiger partial charge in [0, 0.05) is 12.1 Å². The van der Waals surface area contributed by atoms with Gasteiger partial charge in [-0.3, -0.25) is 0 Å². The first kappa shape index (κ1) is 13.6. The monoisotopic (exact) mass is 267 g/mol. The van der Waals surface area contributed by atoms with E-state index in [1.165, 1.54) is 38.5 Å². The van der Waals surface area contributed by atoms with Gasteiger partial charge in [-0.1, -0.05) is 31.4 Å². The van der Waals surface area contributed by atoms with E-state index in [0.29, 0.717) is 11.2 Å². The lowest BCUT2D eigenvalue weighted by Gasteiger charge is -2.29. The van der Waals surface area contributed by atoms with Gasteiger partial charge in [0.1, 0.15) is 16.8 Å². The first-order valence-corrected chi connectivity index (χ1v) is 7.33. The fourth-order valence-corrected chi connectivity index (χ4v) is 3.04. The molecule has 1 aromatic rings. The van der Waals surface area contributed by atoms with Crippen LogP contribution in [-0.2, 0) is 0 Å². The van der Waals surface area contributed by atoms with Crippen LogP contribution in [0.5, 0.6) is 0 Å². The third kappa shape index (κ3) is 3.84. The van der Waals surface area contributed by atoms with Crippen molar-refractivity contribution in [3.8, 4) is 0 Å². The van der Waals surface area contributed by atoms with Gasteiger partial charge < -0.3 is 5.32 Å². The molecule has 0 radical (unpaired) electrons. The smallest absolute Gasteiger partial charge is 0.134 e. The molecule has 0 unspecified atom stereocenters. The molecule has 0 aliphatic heterocycles. The van der Waals surface area contributed by atoms with Gasteiger partial charge in [0.05, 0.1) is 0 Å². The Morgan fingerprint density at radius 2 is 2.00 bits per heavy atom. The number of nitrogens with zero attached hydrogens (tertiary/aromatic N) is 2. The molecule has 4 heteroatoms. The second-order valence-electron chi connectivity index (χ2n) is 5.27. The molecule has 0 spiro atoms. The molecular weight excluding hydrogens is 246 g/mol. The molecule has 1 saturated carbocycles. The average Bonchev–Trinajstić information content (AvgIpc) is 2.31. The Morgan fingerprint density at radius 1 is 1.28 bits per heavy atom. The van der Waals surface area contributed by atoms with Crippen molar-refractivity contribution in [2.45, 2.75) is 58.4 Å². The molecule has 1 fully saturated rings. The number of halogens is 1. The summed E-state index contributed by atoms with van der Waals surface area (Å²) in [6.07, 6.45) is 7.85. The highest BCUT2D eigenvalue weighted by Gasteiger charge is 2.20. The Bertz CT molecular complexity index is 366. The maximum atomic E-state index is 5.94. The summed E-state index contributed by atoms with van der Waals surface area (Å²) >= 11 is 5.94. The first-order valence-electron chi connectivity index (χ1n) is 6.95. The standard InChI is InChI=1S/C14H22ClN3/c1-3-4-11-5-7-12(8-6-11)18-14-9-13(15)16-10(2)17-14/h9,11-12H,3-8H2,1-2H3,(H,16,17,18). The topological polar surface area (TPSA) is 37.8 Å². The SMILES string of the molecule is CCCC1CCC(Nc2cc(Cl)nc(C)n2)CC1. The van der Waals surface area contributed by atoms with E-state index in [1.54, 1.807) is 0 Å². The van der Waals surface area contributed by atoms with Crippen molar-refractivity contribution in [3.05, 3.63) is 17.0 Å². The Morgan fingerprint density at radius 3 is 2.61 bits per heavy atom. The quantitative estimate of drug-likeness (QED) is 0.831. The van der Waals surface area contributed by atoms with Crippen LogP contribution in [0.3, 0.4) is 0 Å². The maximum Gasteiger partial charge on any atom is 0.134 e. The molecule has 2 rings (SSSR count). The summed E-state index contributed by atoms with van der Waals surface area (Å²) in [5, 5.41) is 4.01. The van der Waals surface area contributed by atoms with Gasteiger partial charge in [0.2, 0.25) is 0 Å². The highest BCUT2D eigenvalue weighted by atomic mass is 35.5. The van der Waals surface area contributed by atoms with Crippen molar-refractivity contribution in [1.82, 2.24) is 9.97 Å². The summed E-state index contributed by atoms with van der Waals surface area (Å²) in [6, 6.07) is 2.36. The van der Waals surface area contributed by atoms with E-state index in [9.17, 15) is 0 Å². The average molecular weight is 268 g/mol. The van der Waals surface area contributed by atoms with Gasteiger partial charge in [0.25, 0.3) is 0 Å². The number of nitrogens with one attached hydrogen (secondary N) is 1. The lowest BCUT2D eigenvalue weighted by Crippen LogP contribution is -2.26. The molecule has 1 aliphatic rings. The zero-order chi connectivity index (χ0) is 13.0. The predicted octanol–water partition coefficient (Wildman–Crippen LogP) is 4.21. The van der Waals surface area contributed by atoms with Gasteiger partial charge in [0.15, 0.2) is 0 Å². The molecule has 1 aromatic heterocycles. The molecule has 1 aliphatic carbocycles. The number of aryl methyl sites for hydroxylation is 1. The van der Waals surface area contributed by atoms with Crippen molar-refractivity contribution in [1.29, 1.82) is 0 Å². The summed E-state index contributed by atoms with van der Waals surface area (Å²) in [5.74, 6) is 2.53. The van der Waals surface area contributed by atoms with Crippen molar-refractivity contribution < 1.29 is 0 Å². The van der Waals surface area contributed by atoms with Gasteiger partial charge in [-0.05, 0) is 38.5 Å². The minimum atomic E-state index is 0.518. The summed E-state index contributed by atoms with van der Waals surface area (Å²) < 4.78 is 0. The molecule has 0 bridgehead atoms. The lowest BCUT2D eigenvalue weighted by molar-refractivity contribution is 0.318. The minimum Gasteiger partial charge on any atom is -0.367 e. The van der Waals surface area contributed by atoms with Gasteiger partial charge in [-0.2, -0.15) is 0 Å². The van der Waals surface area contributed by atoms with Crippen LogP contribution in [0.2, 0.25) is 5.15 Å². The number of rotatable bonds is 4. The Balaban J connectivity index is 1.87. The van der Waals surface area contributed by atoms with Crippen LogP contribution in [0.1, 0.15) is 51.3 Å². The second kappa shape index (κ2) is 6.37. The summed E-state index contributed by atoms with van der Waals surface area (Å²) in [5.41, 5.74) is 0. The van der Waals surface area contributed by atoms with E-state index >= 15 is 0 Å². The molecule has 0 amide bonds. The molecule has 0 aromatic carbocycles. The van der Waals surface area contributed by atoms with Crippen LogP contribution in [0, 0.1) is 12.8 Å². The fraction of sp³-hybridized carbons (Fsp3) is 0.714. The molecule has 0 atom stereocenters. The van der Waals surface area contributed by atoms with Crippen molar-refractivity contribution >= 4 is 17.4 Å². The molecule has 0 saturated heterocycles. The summed E-state index contributed by atoms with van der Waals surface area (Å²) in [6.45, 7) is 4.14. The molecule has 1 N–H and O–H groups in total. The largest absolute Gasteiger partial charge is 0.367 e. The third-order valence-electron chi connectivity index (χ3n) is 3.70. The van der Waals surface area contributed by atoms with E-state index < -0.39 is 0 Å². The maximum absolute atomic E-state index is 5.94. The van der Waals surface area contributed by atoms with E-state index in [0.717, 1.165) is 17.6 Å². The molecule has 1 heterocycles. The van der Waals surface area contributed by atoms with Crippen LogP contribution in [0.4, 0.5) is 5.82 Å². The Kier molecular flexibility index (Phi) is 4.81. The first-order chi connectivity index (χ1) is 8.67. The number of anilines is 1. The lowest BCUT2D eigenvalue weighted by atomic mass is 9.83. The van der Waals surface area contributed by atoms with E-state index in [1.807, 2.05) is 13.0 Å². The zero-order valence-corrected chi connectivity index (χ0v) is 12.0. The van der Waals surface area contributed by atoms with Crippen molar-refractivity contribution in [2.75, 3.05) is 5.32 Å². The molecular formula is C14H22ClN3. The number of hydrogen-bond donors (Lipinski definition) is 1. The number of hydrogen-bond acceptors (Lipinski definition) is 3. The second-order valence-corrected chi connectivity index (χ2v) is 5.66. The van der Waals surface area contributed by atoms with E-state index in [-0.39, 0.29) is 0 Å². The zero-order valence-electron chi connectivity index (χ0n) is 11.2. The normalized spacial score (nSPS) is 23.9. The highest BCUT2D eigenvalue weighted by molar-refractivity contribution is 6.29. The van der Waals surface area contributed by atoms with E-state index in [2.05, 4.69) is 22.2 Å². The predicted molar refractivity (Wildman–Crippen MR) is 76.1 cm³/mol. The van der Waals surface area contributed by atoms with Crippen LogP contribution < -0.4 is 5.32 Å². The fourth-order valence-electron chi connectivity index (χ4n) is 2.82. The minimum absolute atomic E-state index is 0.518. The number of aromatic nitrogens is 2. The summed E-state index contributed by atoms with van der Waals surface area (Å²) in [4.78, 5) is 8.45. The van der Waals surface area contributed by atoms with Gasteiger partial charge in [-0.15, -0.1) is 0 Å². The van der Waals surface area contributed by atoms with Crippen LogP contribution >= 0.6 is 11.6 Å². The molecule has 18 heavy (non-hydrogen) atoms. The van der Waals surface area contributed by atoms with Crippen LogP contribution in [0.15, 0.2) is 6.07 Å². The molecule has 100 valence electrons. The Hall–Kier alpha value is -0.830. The van der Waals surface area contributed by atoms with Crippen molar-refractivity contribution in [2.24, 2.45) is 5.92 Å². The highest BCUT2D eigenvalue weighted by Crippen LogP contribution is 2.29. The van der Waals surface area contributed by atoms with Gasteiger partial charge in [-0.25, -0.2) is 9.97 Å². The Labute approximate surface area is 114 Å². The van der Waals surface area contributed by atoms with E-state index in [4.69, 9.17) is 11.6 Å². The van der Waals surface area contributed by atoms with Crippen molar-refractivity contribution in [3.63, 3.8) is 0 Å². The van der Waals surface area contributed by atoms with Crippen LogP contribution in [-0.4, -0.2) is 16.0 Å². The van der Waals surface area contributed by atoms with Crippen LogP contribution in [0.25, 0.3) is 0 Å². The molecule has 3 nitrogen and oxygen atoms in total. The van der Waals surface area contributed by atoms with Gasteiger partial charge >= 0.3 is 0 Å². The summed E-state index contributed by atoms with van der Waals surface area (Å²) in [7, 11) is 0.